The predicted molar refractivity (Wildman–Crippen MR) is 71.3 cm³/mol. The topological polar surface area (TPSA) is 0 Å². The number of hydrogen-bond donors (Lipinski definition) is 0. The fourth-order valence-electron chi connectivity index (χ4n) is 1.35. The van der Waals surface area contributed by atoms with Crippen LogP contribution in [0.5, 0.6) is 0 Å². The first-order chi connectivity index (χ1) is 7.74. The molecule has 0 fully saturated rings. The summed E-state index contributed by atoms with van der Waals surface area (Å²) < 4.78 is 1.06. The Labute approximate surface area is 104 Å². The zero-order valence-electron chi connectivity index (χ0n) is 9.00. The summed E-state index contributed by atoms with van der Waals surface area (Å²) in [5.41, 5.74) is 3.33. The number of rotatable bonds is 0. The van der Waals surface area contributed by atoms with Crippen molar-refractivity contribution in [2.75, 3.05) is 0 Å². The van der Waals surface area contributed by atoms with Gasteiger partial charge in [-0.15, -0.1) is 0 Å². The van der Waals surface area contributed by atoms with Gasteiger partial charge in [-0.3, -0.25) is 0 Å². The molecule has 0 atom stereocenters. The molecule has 2 aromatic rings. The molecule has 0 aliphatic rings. The van der Waals surface area contributed by atoms with E-state index in [1.807, 2.05) is 36.4 Å². The quantitative estimate of drug-likeness (QED) is 0.631. The molecule has 0 aliphatic heterocycles. The van der Waals surface area contributed by atoms with E-state index in [1.165, 1.54) is 5.56 Å². The minimum atomic E-state index is 1.02. The Hall–Kier alpha value is -1.52. The molecule has 0 spiro atoms. The van der Waals surface area contributed by atoms with Crippen molar-refractivity contribution in [1.82, 2.24) is 0 Å². The van der Waals surface area contributed by atoms with Crippen molar-refractivity contribution >= 4 is 15.9 Å². The molecule has 0 saturated carbocycles. The van der Waals surface area contributed by atoms with Gasteiger partial charge in [0.25, 0.3) is 0 Å². The molecule has 0 N–H and O–H groups in total. The highest BCUT2D eigenvalue weighted by Crippen LogP contribution is 2.10. The summed E-state index contributed by atoms with van der Waals surface area (Å²) in [6.45, 7) is 2.07. The fourth-order valence-corrected chi connectivity index (χ4v) is 1.75. The van der Waals surface area contributed by atoms with Crippen LogP contribution in [0.1, 0.15) is 16.7 Å². The largest absolute Gasteiger partial charge is 0.0617 e. The van der Waals surface area contributed by atoms with Crippen molar-refractivity contribution in [2.45, 2.75) is 6.92 Å². The van der Waals surface area contributed by atoms with Crippen LogP contribution >= 0.6 is 15.9 Å². The highest BCUT2D eigenvalue weighted by Gasteiger charge is 1.89. The van der Waals surface area contributed by atoms with Gasteiger partial charge in [-0.05, 0) is 37.3 Å². The number of hydrogen-bond acceptors (Lipinski definition) is 0. The van der Waals surface area contributed by atoms with Crippen LogP contribution in [0.2, 0.25) is 0 Å². The van der Waals surface area contributed by atoms with Gasteiger partial charge in [0.1, 0.15) is 0 Å². The van der Waals surface area contributed by atoms with Crippen molar-refractivity contribution in [3.05, 3.63) is 69.7 Å². The van der Waals surface area contributed by atoms with E-state index in [9.17, 15) is 0 Å². The smallest absolute Gasteiger partial charge is 0.0260 e. The van der Waals surface area contributed by atoms with Gasteiger partial charge >= 0.3 is 0 Å². The Morgan fingerprint density at radius 2 is 1.56 bits per heavy atom. The summed E-state index contributed by atoms with van der Waals surface area (Å²) in [4.78, 5) is 0. The van der Waals surface area contributed by atoms with Gasteiger partial charge in [0.05, 0.1) is 0 Å². The van der Waals surface area contributed by atoms with Crippen LogP contribution in [0, 0.1) is 18.8 Å². The van der Waals surface area contributed by atoms with Crippen LogP contribution in [0.25, 0.3) is 0 Å². The molecule has 0 bridgehead atoms. The van der Waals surface area contributed by atoms with Crippen LogP contribution in [0.4, 0.5) is 0 Å². The van der Waals surface area contributed by atoms with Gasteiger partial charge < -0.3 is 0 Å². The van der Waals surface area contributed by atoms with E-state index in [4.69, 9.17) is 0 Å². The summed E-state index contributed by atoms with van der Waals surface area (Å²) >= 11 is 3.43. The lowest BCUT2D eigenvalue weighted by Gasteiger charge is -1.93. The molecule has 2 rings (SSSR count). The Morgan fingerprint density at radius 3 is 2.25 bits per heavy atom. The lowest BCUT2D eigenvalue weighted by molar-refractivity contribution is 1.46. The Bertz CT molecular complexity index is 542. The van der Waals surface area contributed by atoms with Crippen LogP contribution in [-0.2, 0) is 0 Å². The van der Waals surface area contributed by atoms with E-state index in [-0.39, 0.29) is 0 Å². The molecule has 1 heteroatoms. The summed E-state index contributed by atoms with van der Waals surface area (Å²) in [7, 11) is 0. The second-order valence-electron chi connectivity index (χ2n) is 3.63. The molecule has 0 unspecified atom stereocenters. The number of halogens is 1. The zero-order valence-corrected chi connectivity index (χ0v) is 10.6. The van der Waals surface area contributed by atoms with Crippen LogP contribution in [-0.4, -0.2) is 0 Å². The molecule has 0 amide bonds. The summed E-state index contributed by atoms with van der Waals surface area (Å²) in [6, 6.07) is 16.2. The third-order valence-corrected chi connectivity index (χ3v) is 2.72. The fraction of sp³-hybridized carbons (Fsp3) is 0.0667. The van der Waals surface area contributed by atoms with Crippen LogP contribution in [0.15, 0.2) is 53.0 Å². The average molecular weight is 271 g/mol. The summed E-state index contributed by atoms with van der Waals surface area (Å²) in [5, 5.41) is 0. The Kier molecular flexibility index (Phi) is 3.44. The highest BCUT2D eigenvalue weighted by molar-refractivity contribution is 9.10. The number of benzene rings is 2. The maximum atomic E-state index is 3.43. The normalized spacial score (nSPS) is 9.38. The lowest BCUT2D eigenvalue weighted by Crippen LogP contribution is -1.77. The lowest BCUT2D eigenvalue weighted by atomic mass is 10.1. The molecule has 0 aromatic heterocycles. The summed E-state index contributed by atoms with van der Waals surface area (Å²) in [5.74, 6) is 6.29. The standard InChI is InChI=1S/C15H11Br/c1-12-5-7-13(8-6-12)9-10-14-3-2-4-15(16)11-14/h2-8,11H,1H3. The Morgan fingerprint density at radius 1 is 0.875 bits per heavy atom. The molecule has 0 radical (unpaired) electrons. The van der Waals surface area contributed by atoms with Gasteiger partial charge in [-0.25, -0.2) is 0 Å². The van der Waals surface area contributed by atoms with Gasteiger partial charge in [-0.2, -0.15) is 0 Å². The second-order valence-corrected chi connectivity index (χ2v) is 4.54. The number of aryl methyl sites for hydroxylation is 1. The maximum Gasteiger partial charge on any atom is 0.0260 e. The van der Waals surface area contributed by atoms with Gasteiger partial charge in [-0.1, -0.05) is 51.5 Å². The molecular weight excluding hydrogens is 260 g/mol. The first kappa shape index (κ1) is 11.0. The predicted octanol–water partition coefficient (Wildman–Crippen LogP) is 4.16. The molecule has 0 nitrogen and oxygen atoms in total. The third-order valence-electron chi connectivity index (χ3n) is 2.23. The van der Waals surface area contributed by atoms with Crippen molar-refractivity contribution in [3.8, 4) is 11.8 Å². The van der Waals surface area contributed by atoms with E-state index < -0.39 is 0 Å². The maximum absolute atomic E-state index is 3.43. The van der Waals surface area contributed by atoms with E-state index in [0.29, 0.717) is 0 Å². The van der Waals surface area contributed by atoms with Gasteiger partial charge in [0.15, 0.2) is 0 Å². The van der Waals surface area contributed by atoms with Crippen LogP contribution in [0.3, 0.4) is 0 Å². The first-order valence-electron chi connectivity index (χ1n) is 5.08. The molecule has 0 saturated heterocycles. The highest BCUT2D eigenvalue weighted by atomic mass is 79.9. The first-order valence-corrected chi connectivity index (χ1v) is 5.87. The molecule has 16 heavy (non-hydrogen) atoms. The van der Waals surface area contributed by atoms with Crippen molar-refractivity contribution in [3.63, 3.8) is 0 Å². The van der Waals surface area contributed by atoms with Gasteiger partial charge in [0.2, 0.25) is 0 Å². The van der Waals surface area contributed by atoms with Gasteiger partial charge in [0, 0.05) is 15.6 Å². The van der Waals surface area contributed by atoms with Crippen molar-refractivity contribution in [1.29, 1.82) is 0 Å². The van der Waals surface area contributed by atoms with E-state index >= 15 is 0 Å². The second kappa shape index (κ2) is 5.01. The SMILES string of the molecule is Cc1ccc(C#Cc2cccc(Br)c2)cc1. The minimum absolute atomic E-state index is 1.02. The zero-order chi connectivity index (χ0) is 11.4. The minimum Gasteiger partial charge on any atom is -0.0617 e. The van der Waals surface area contributed by atoms with Crippen LogP contribution < -0.4 is 0 Å². The summed E-state index contributed by atoms with van der Waals surface area (Å²) in [6.07, 6.45) is 0. The molecule has 0 heterocycles. The molecule has 2 aromatic carbocycles. The van der Waals surface area contributed by atoms with Crippen molar-refractivity contribution < 1.29 is 0 Å². The monoisotopic (exact) mass is 270 g/mol. The molecular formula is C15H11Br. The molecule has 0 aliphatic carbocycles. The third kappa shape index (κ3) is 2.98. The average Bonchev–Trinajstić information content (AvgIpc) is 2.28. The van der Waals surface area contributed by atoms with E-state index in [2.05, 4.69) is 46.8 Å². The van der Waals surface area contributed by atoms with E-state index in [1.54, 1.807) is 0 Å². The van der Waals surface area contributed by atoms with Crippen molar-refractivity contribution in [2.24, 2.45) is 0 Å². The van der Waals surface area contributed by atoms with E-state index in [0.717, 1.165) is 15.6 Å². The Balaban J connectivity index is 2.25. The molecule has 78 valence electrons.